The second-order valence-electron chi connectivity index (χ2n) is 10.1. The maximum atomic E-state index is 13.2. The number of nitrogens with zero attached hydrogens (tertiary/aromatic N) is 3. The average Bonchev–Trinajstić information content (AvgIpc) is 3.54. The van der Waals surface area contributed by atoms with Crippen LogP contribution in [-0.2, 0) is 16.6 Å². The van der Waals surface area contributed by atoms with Crippen LogP contribution in [0.5, 0.6) is 5.88 Å². The summed E-state index contributed by atoms with van der Waals surface area (Å²) in [6, 6.07) is 22.5. The van der Waals surface area contributed by atoms with E-state index >= 15 is 0 Å². The van der Waals surface area contributed by atoms with Gasteiger partial charge in [0, 0.05) is 36.1 Å². The van der Waals surface area contributed by atoms with Crippen molar-refractivity contribution in [3.8, 4) is 5.88 Å². The molecule has 1 aliphatic heterocycles. The summed E-state index contributed by atoms with van der Waals surface area (Å²) in [4.78, 5) is 10.6. The molecule has 0 aliphatic carbocycles. The number of hydrogen-bond donors (Lipinski definition) is 2. The van der Waals surface area contributed by atoms with Gasteiger partial charge in [-0.25, -0.2) is 13.4 Å². The van der Waals surface area contributed by atoms with E-state index < -0.39 is 10.0 Å². The maximum Gasteiger partial charge on any atom is 0.243 e. The Morgan fingerprint density at radius 2 is 1.71 bits per heavy atom. The minimum atomic E-state index is -3.71. The molecule has 4 aromatic rings. The highest BCUT2D eigenvalue weighted by Crippen LogP contribution is 2.33. The van der Waals surface area contributed by atoms with Crippen molar-refractivity contribution in [2.75, 3.05) is 20.1 Å². The van der Waals surface area contributed by atoms with Crippen LogP contribution in [0.15, 0.2) is 82.7 Å². The topological polar surface area (TPSA) is 89.0 Å². The van der Waals surface area contributed by atoms with Crippen molar-refractivity contribution in [3.05, 3.63) is 89.5 Å². The molecule has 1 fully saturated rings. The Balaban J connectivity index is 1.60. The number of likely N-dealkylation sites (tertiary alicyclic amines) is 1. The van der Waals surface area contributed by atoms with Crippen LogP contribution in [0.2, 0.25) is 0 Å². The molecule has 1 aromatic heterocycles. The lowest BCUT2D eigenvalue weighted by molar-refractivity contribution is 0.331. The fourth-order valence-electron chi connectivity index (χ4n) is 4.87. The molecule has 1 saturated heterocycles. The monoisotopic (exact) mass is 530 g/mol. The lowest BCUT2D eigenvalue weighted by atomic mass is 10.0. The van der Waals surface area contributed by atoms with Crippen molar-refractivity contribution in [2.45, 2.75) is 44.2 Å². The summed E-state index contributed by atoms with van der Waals surface area (Å²) in [5, 5.41) is 11.6. The zero-order chi connectivity index (χ0) is 26.9. The second-order valence-corrected chi connectivity index (χ2v) is 12.1. The molecule has 0 saturated carbocycles. The molecule has 0 atom stereocenters. The van der Waals surface area contributed by atoms with Gasteiger partial charge in [0.1, 0.15) is 0 Å². The molecule has 1 aliphatic rings. The number of rotatable bonds is 8. The Hall–Kier alpha value is -3.46. The summed E-state index contributed by atoms with van der Waals surface area (Å²) in [5.74, 6) is -0.0555. The molecule has 3 aromatic carbocycles. The van der Waals surface area contributed by atoms with Crippen molar-refractivity contribution in [1.29, 1.82) is 0 Å². The fraction of sp³-hybridized carbons (Fsp3) is 0.300. The first-order valence-electron chi connectivity index (χ1n) is 13.0. The Kier molecular flexibility index (Phi) is 7.38. The number of nitrogens with one attached hydrogen (secondary N) is 1. The van der Waals surface area contributed by atoms with Gasteiger partial charge >= 0.3 is 0 Å². The van der Waals surface area contributed by atoms with Gasteiger partial charge < -0.3 is 10.1 Å². The molecule has 38 heavy (non-hydrogen) atoms. The van der Waals surface area contributed by atoms with Crippen molar-refractivity contribution in [2.24, 2.45) is 4.99 Å². The summed E-state index contributed by atoms with van der Waals surface area (Å²) >= 11 is 0. The molecule has 0 amide bonds. The number of aromatic nitrogens is 1. The van der Waals surface area contributed by atoms with Crippen molar-refractivity contribution in [1.82, 2.24) is 14.2 Å². The third kappa shape index (κ3) is 5.25. The van der Waals surface area contributed by atoms with Gasteiger partial charge in [-0.3, -0.25) is 4.90 Å². The molecular formula is C30H34N4O3S. The highest BCUT2D eigenvalue weighted by atomic mass is 32.2. The quantitative estimate of drug-likeness (QED) is 0.288. The molecule has 2 N–H and O–H groups in total. The SMILES string of the molecule is CC(C)N(C)S(=O)(=O)c1ccc2[nH]c(O)c(C(=Nc3ccc(CN4CCCC4)cc3)c3ccccc3)c2c1. The Bertz CT molecular complexity index is 1550. The van der Waals surface area contributed by atoms with Gasteiger partial charge in [0.2, 0.25) is 10.0 Å². The van der Waals surface area contributed by atoms with E-state index in [1.165, 1.54) is 22.7 Å². The van der Waals surface area contributed by atoms with E-state index in [2.05, 4.69) is 22.0 Å². The van der Waals surface area contributed by atoms with Crippen molar-refractivity contribution < 1.29 is 13.5 Å². The van der Waals surface area contributed by atoms with Crippen LogP contribution in [0.3, 0.4) is 0 Å². The van der Waals surface area contributed by atoms with E-state index in [1.54, 1.807) is 25.2 Å². The molecule has 2 heterocycles. The molecule has 198 valence electrons. The van der Waals surface area contributed by atoms with Crippen LogP contribution >= 0.6 is 0 Å². The van der Waals surface area contributed by atoms with Crippen molar-refractivity contribution >= 4 is 32.3 Å². The van der Waals surface area contributed by atoms with Gasteiger partial charge in [0.15, 0.2) is 5.88 Å². The highest BCUT2D eigenvalue weighted by molar-refractivity contribution is 7.89. The normalized spacial score (nSPS) is 15.2. The van der Waals surface area contributed by atoms with E-state index in [1.807, 2.05) is 56.3 Å². The summed E-state index contributed by atoms with van der Waals surface area (Å²) < 4.78 is 27.8. The highest BCUT2D eigenvalue weighted by Gasteiger charge is 2.26. The summed E-state index contributed by atoms with van der Waals surface area (Å²) in [7, 11) is -2.13. The van der Waals surface area contributed by atoms with Crippen LogP contribution in [0.1, 0.15) is 43.4 Å². The van der Waals surface area contributed by atoms with Gasteiger partial charge in [0.05, 0.1) is 21.9 Å². The zero-order valence-electron chi connectivity index (χ0n) is 22.1. The lowest BCUT2D eigenvalue weighted by Crippen LogP contribution is -2.33. The number of fused-ring (bicyclic) bond motifs is 1. The average molecular weight is 531 g/mol. The Labute approximate surface area is 224 Å². The van der Waals surface area contributed by atoms with Crippen LogP contribution in [0.25, 0.3) is 10.9 Å². The number of H-pyrrole nitrogens is 1. The molecule has 7 nitrogen and oxygen atoms in total. The van der Waals surface area contributed by atoms with Gasteiger partial charge in [-0.05, 0) is 75.7 Å². The van der Waals surface area contributed by atoms with E-state index in [0.717, 1.165) is 30.9 Å². The number of sulfonamides is 1. The maximum absolute atomic E-state index is 13.2. The third-order valence-electron chi connectivity index (χ3n) is 7.22. The first-order valence-corrected chi connectivity index (χ1v) is 14.5. The predicted molar refractivity (Wildman–Crippen MR) is 153 cm³/mol. The summed E-state index contributed by atoms with van der Waals surface area (Å²) in [6.07, 6.45) is 2.52. The van der Waals surface area contributed by atoms with Gasteiger partial charge in [-0.2, -0.15) is 4.31 Å². The largest absolute Gasteiger partial charge is 0.494 e. The van der Waals surface area contributed by atoms with Crippen LogP contribution in [-0.4, -0.2) is 59.6 Å². The third-order valence-corrected chi connectivity index (χ3v) is 9.25. The van der Waals surface area contributed by atoms with E-state index in [0.29, 0.717) is 22.2 Å². The van der Waals surface area contributed by atoms with Gasteiger partial charge in [-0.1, -0.05) is 42.5 Å². The van der Waals surface area contributed by atoms with Gasteiger partial charge in [0.25, 0.3) is 0 Å². The molecule has 0 radical (unpaired) electrons. The molecule has 8 heteroatoms. The number of hydrogen-bond acceptors (Lipinski definition) is 5. The van der Waals surface area contributed by atoms with Crippen LogP contribution in [0.4, 0.5) is 5.69 Å². The first-order chi connectivity index (χ1) is 18.2. The number of aromatic hydroxyl groups is 1. The smallest absolute Gasteiger partial charge is 0.243 e. The van der Waals surface area contributed by atoms with E-state index in [-0.39, 0.29) is 16.8 Å². The summed E-state index contributed by atoms with van der Waals surface area (Å²) in [6.45, 7) is 6.88. The molecule has 5 rings (SSSR count). The Morgan fingerprint density at radius 1 is 1.03 bits per heavy atom. The number of benzene rings is 3. The molecule has 0 unspecified atom stereocenters. The van der Waals surface area contributed by atoms with Crippen LogP contribution < -0.4 is 0 Å². The zero-order valence-corrected chi connectivity index (χ0v) is 22.9. The number of aromatic amines is 1. The van der Waals surface area contributed by atoms with Gasteiger partial charge in [-0.15, -0.1) is 0 Å². The minimum Gasteiger partial charge on any atom is -0.494 e. The standard InChI is InChI=1S/C30H34N4O3S/c1-21(2)33(3)38(36,37)25-15-16-27-26(19-25)28(30(35)32-27)29(23-9-5-4-6-10-23)31-24-13-11-22(12-14-24)20-34-17-7-8-18-34/h4-6,9-16,19,21,32,35H,7-8,17-18,20H2,1-3H3. The van der Waals surface area contributed by atoms with Crippen LogP contribution in [0, 0.1) is 0 Å². The first kappa shape index (κ1) is 26.2. The predicted octanol–water partition coefficient (Wildman–Crippen LogP) is 5.67. The lowest BCUT2D eigenvalue weighted by Gasteiger charge is -2.21. The van der Waals surface area contributed by atoms with E-state index in [9.17, 15) is 13.5 Å². The van der Waals surface area contributed by atoms with E-state index in [4.69, 9.17) is 4.99 Å². The molecule has 0 spiro atoms. The molecular weight excluding hydrogens is 496 g/mol. The fourth-order valence-corrected chi connectivity index (χ4v) is 6.26. The minimum absolute atomic E-state index is 0.0555. The van der Waals surface area contributed by atoms with Crippen molar-refractivity contribution in [3.63, 3.8) is 0 Å². The number of aliphatic imine (C=N–C) groups is 1. The Morgan fingerprint density at radius 3 is 2.37 bits per heavy atom. The summed E-state index contributed by atoms with van der Waals surface area (Å²) in [5.41, 5.74) is 4.48. The second kappa shape index (κ2) is 10.7. The molecule has 0 bridgehead atoms.